The molecule has 0 spiro atoms. The zero-order valence-corrected chi connectivity index (χ0v) is 12.9. The molecule has 0 fully saturated rings. The molecular weight excluding hydrogens is 268 g/mol. The largest absolute Gasteiger partial charge is 0.306 e. The van der Waals surface area contributed by atoms with Crippen molar-refractivity contribution >= 4 is 0 Å². The van der Waals surface area contributed by atoms with Gasteiger partial charge < -0.3 is 5.32 Å². The summed E-state index contributed by atoms with van der Waals surface area (Å²) in [7, 11) is 0. The smallest absolute Gasteiger partial charge is 0.130 e. The Labute approximate surface area is 125 Å². The number of hydrogen-bond donors (Lipinski definition) is 1. The van der Waals surface area contributed by atoms with Crippen molar-refractivity contribution in [2.45, 2.75) is 40.3 Å². The SMILES string of the molecule is Cc1cc(C)c(CNC(C)c2c(F)cccc2F)c(C)c1. The number of rotatable bonds is 4. The van der Waals surface area contributed by atoms with Gasteiger partial charge in [-0.25, -0.2) is 8.78 Å². The minimum Gasteiger partial charge on any atom is -0.306 e. The molecule has 1 unspecified atom stereocenters. The third-order valence-corrected chi connectivity index (χ3v) is 3.86. The molecular formula is C18H21F2N. The first kappa shape index (κ1) is 15.6. The first-order chi connectivity index (χ1) is 9.90. The molecule has 3 heteroatoms. The van der Waals surface area contributed by atoms with E-state index in [0.29, 0.717) is 6.54 Å². The Hall–Kier alpha value is -1.74. The van der Waals surface area contributed by atoms with E-state index in [-0.39, 0.29) is 11.6 Å². The first-order valence-electron chi connectivity index (χ1n) is 7.14. The van der Waals surface area contributed by atoms with E-state index in [1.54, 1.807) is 6.92 Å². The highest BCUT2D eigenvalue weighted by Crippen LogP contribution is 2.22. The van der Waals surface area contributed by atoms with Gasteiger partial charge in [-0.15, -0.1) is 0 Å². The fourth-order valence-corrected chi connectivity index (χ4v) is 2.77. The van der Waals surface area contributed by atoms with E-state index >= 15 is 0 Å². The van der Waals surface area contributed by atoms with Gasteiger partial charge in [0, 0.05) is 18.2 Å². The lowest BCUT2D eigenvalue weighted by atomic mass is 9.99. The Balaban J connectivity index is 2.17. The molecule has 1 N–H and O–H groups in total. The molecule has 2 aromatic carbocycles. The summed E-state index contributed by atoms with van der Waals surface area (Å²) in [5.74, 6) is -1.01. The van der Waals surface area contributed by atoms with Crippen LogP contribution in [0, 0.1) is 32.4 Å². The molecule has 0 saturated heterocycles. The number of hydrogen-bond acceptors (Lipinski definition) is 1. The Kier molecular flexibility index (Phi) is 4.73. The molecule has 0 heterocycles. The van der Waals surface area contributed by atoms with Crippen LogP contribution in [0.1, 0.15) is 40.8 Å². The zero-order chi connectivity index (χ0) is 15.6. The third-order valence-electron chi connectivity index (χ3n) is 3.86. The highest BCUT2D eigenvalue weighted by molar-refractivity contribution is 5.37. The van der Waals surface area contributed by atoms with Crippen LogP contribution in [0.4, 0.5) is 8.78 Å². The van der Waals surface area contributed by atoms with Crippen LogP contribution in [0.3, 0.4) is 0 Å². The van der Waals surface area contributed by atoms with Crippen molar-refractivity contribution in [3.05, 3.63) is 69.8 Å². The van der Waals surface area contributed by atoms with Crippen molar-refractivity contribution in [1.29, 1.82) is 0 Å². The Morgan fingerprint density at radius 3 is 2.05 bits per heavy atom. The number of halogens is 2. The maximum Gasteiger partial charge on any atom is 0.130 e. The van der Waals surface area contributed by atoms with Gasteiger partial charge in [-0.2, -0.15) is 0 Å². The van der Waals surface area contributed by atoms with Gasteiger partial charge in [0.05, 0.1) is 0 Å². The van der Waals surface area contributed by atoms with Crippen molar-refractivity contribution in [3.8, 4) is 0 Å². The second-order valence-electron chi connectivity index (χ2n) is 5.62. The molecule has 0 aliphatic rings. The van der Waals surface area contributed by atoms with E-state index in [4.69, 9.17) is 0 Å². The second kappa shape index (κ2) is 6.35. The summed E-state index contributed by atoms with van der Waals surface area (Å²) in [5.41, 5.74) is 4.90. The van der Waals surface area contributed by atoms with Crippen molar-refractivity contribution in [1.82, 2.24) is 5.32 Å². The fourth-order valence-electron chi connectivity index (χ4n) is 2.77. The quantitative estimate of drug-likeness (QED) is 0.857. The van der Waals surface area contributed by atoms with Crippen molar-refractivity contribution in [3.63, 3.8) is 0 Å². The summed E-state index contributed by atoms with van der Waals surface area (Å²) in [6.07, 6.45) is 0. The van der Waals surface area contributed by atoms with Crippen LogP contribution in [0.2, 0.25) is 0 Å². The van der Waals surface area contributed by atoms with E-state index in [1.165, 1.54) is 40.5 Å². The minimum atomic E-state index is -0.507. The molecule has 21 heavy (non-hydrogen) atoms. The predicted molar refractivity (Wildman–Crippen MR) is 82.3 cm³/mol. The lowest BCUT2D eigenvalue weighted by Crippen LogP contribution is -2.21. The molecule has 0 aromatic heterocycles. The monoisotopic (exact) mass is 289 g/mol. The first-order valence-corrected chi connectivity index (χ1v) is 7.14. The predicted octanol–water partition coefficient (Wildman–Crippen LogP) is 4.74. The maximum absolute atomic E-state index is 13.8. The summed E-state index contributed by atoms with van der Waals surface area (Å²) in [6.45, 7) is 8.55. The van der Waals surface area contributed by atoms with Crippen LogP contribution >= 0.6 is 0 Å². The van der Waals surface area contributed by atoms with Crippen molar-refractivity contribution in [2.75, 3.05) is 0 Å². The van der Waals surface area contributed by atoms with Gasteiger partial charge in [-0.05, 0) is 56.5 Å². The Bertz CT molecular complexity index is 606. The summed E-state index contributed by atoms with van der Waals surface area (Å²) < 4.78 is 27.5. The molecule has 0 aliphatic carbocycles. The number of benzene rings is 2. The molecule has 1 atom stereocenters. The normalized spacial score (nSPS) is 12.5. The van der Waals surface area contributed by atoms with Crippen LogP contribution < -0.4 is 5.32 Å². The topological polar surface area (TPSA) is 12.0 Å². The van der Waals surface area contributed by atoms with E-state index in [0.717, 1.165) is 0 Å². The van der Waals surface area contributed by atoms with Crippen LogP contribution in [0.5, 0.6) is 0 Å². The van der Waals surface area contributed by atoms with Crippen LogP contribution in [0.15, 0.2) is 30.3 Å². The summed E-state index contributed by atoms with van der Waals surface area (Å²) in [5, 5.41) is 3.22. The van der Waals surface area contributed by atoms with Gasteiger partial charge in [0.1, 0.15) is 11.6 Å². The number of nitrogens with one attached hydrogen (secondary N) is 1. The van der Waals surface area contributed by atoms with Crippen molar-refractivity contribution in [2.24, 2.45) is 0 Å². The third kappa shape index (κ3) is 3.48. The van der Waals surface area contributed by atoms with E-state index in [1.807, 2.05) is 0 Å². The Morgan fingerprint density at radius 2 is 1.52 bits per heavy atom. The summed E-state index contributed by atoms with van der Waals surface area (Å²) in [6, 6.07) is 7.83. The molecule has 1 nitrogen and oxygen atoms in total. The number of aryl methyl sites for hydroxylation is 3. The van der Waals surface area contributed by atoms with Gasteiger partial charge in [0.2, 0.25) is 0 Å². The molecule has 0 amide bonds. The highest BCUT2D eigenvalue weighted by Gasteiger charge is 2.16. The van der Waals surface area contributed by atoms with E-state index in [9.17, 15) is 8.78 Å². The van der Waals surface area contributed by atoms with Gasteiger partial charge in [-0.3, -0.25) is 0 Å². The maximum atomic E-state index is 13.8. The summed E-state index contributed by atoms with van der Waals surface area (Å²) in [4.78, 5) is 0. The van der Waals surface area contributed by atoms with E-state index in [2.05, 4.69) is 38.2 Å². The van der Waals surface area contributed by atoms with Gasteiger partial charge in [0.15, 0.2) is 0 Å². The van der Waals surface area contributed by atoms with E-state index < -0.39 is 11.6 Å². The standard InChI is InChI=1S/C18H21F2N/c1-11-8-12(2)15(13(3)9-11)10-21-14(4)18-16(19)6-5-7-17(18)20/h5-9,14,21H,10H2,1-4H3. The fraction of sp³-hybridized carbons (Fsp3) is 0.333. The molecule has 0 bridgehead atoms. The van der Waals surface area contributed by atoms with Crippen LogP contribution in [0.25, 0.3) is 0 Å². The molecule has 112 valence electrons. The molecule has 0 radical (unpaired) electrons. The van der Waals surface area contributed by atoms with Gasteiger partial charge in [0.25, 0.3) is 0 Å². The average Bonchev–Trinajstić information content (AvgIpc) is 2.37. The van der Waals surface area contributed by atoms with Gasteiger partial charge in [-0.1, -0.05) is 23.8 Å². The molecule has 2 rings (SSSR count). The molecule has 0 saturated carbocycles. The highest BCUT2D eigenvalue weighted by atomic mass is 19.1. The minimum absolute atomic E-state index is 0.0971. The molecule has 0 aliphatic heterocycles. The summed E-state index contributed by atoms with van der Waals surface area (Å²) >= 11 is 0. The van der Waals surface area contributed by atoms with Gasteiger partial charge >= 0.3 is 0 Å². The molecule has 2 aromatic rings. The van der Waals surface area contributed by atoms with Crippen molar-refractivity contribution < 1.29 is 8.78 Å². The van der Waals surface area contributed by atoms with Crippen LogP contribution in [-0.4, -0.2) is 0 Å². The average molecular weight is 289 g/mol. The zero-order valence-electron chi connectivity index (χ0n) is 12.9. The second-order valence-corrected chi connectivity index (χ2v) is 5.62. The Morgan fingerprint density at radius 1 is 1.00 bits per heavy atom. The lowest BCUT2D eigenvalue weighted by molar-refractivity contribution is 0.487. The lowest BCUT2D eigenvalue weighted by Gasteiger charge is -2.18. The van der Waals surface area contributed by atoms with Crippen LogP contribution in [-0.2, 0) is 6.54 Å².